The minimum absolute atomic E-state index is 0. The van der Waals surface area contributed by atoms with Crippen molar-refractivity contribution < 1.29 is 4.79 Å². The summed E-state index contributed by atoms with van der Waals surface area (Å²) >= 11 is 1.75. The maximum atomic E-state index is 12.3. The molecule has 0 spiro atoms. The number of nitrogens with one attached hydrogen (secondary N) is 2. The predicted octanol–water partition coefficient (Wildman–Crippen LogP) is 2.54. The third-order valence-corrected chi connectivity index (χ3v) is 5.57. The Morgan fingerprint density at radius 1 is 1.39 bits per heavy atom. The van der Waals surface area contributed by atoms with Crippen LogP contribution in [0, 0.1) is 5.92 Å². The second-order valence-electron chi connectivity index (χ2n) is 6.17. The van der Waals surface area contributed by atoms with Gasteiger partial charge in [-0.05, 0) is 76.7 Å². The summed E-state index contributed by atoms with van der Waals surface area (Å²) in [4.78, 5) is 15.9. The van der Waals surface area contributed by atoms with Gasteiger partial charge in [0.05, 0.1) is 6.04 Å². The topological polar surface area (TPSA) is 44.4 Å². The SMILES string of the molecule is CNCCC1CCN(C(C)C(=O)NCCc2cccs2)CC1.Cl. The van der Waals surface area contributed by atoms with Gasteiger partial charge in [0.15, 0.2) is 0 Å². The van der Waals surface area contributed by atoms with Crippen molar-refractivity contribution in [3.8, 4) is 0 Å². The number of hydrogen-bond acceptors (Lipinski definition) is 4. The Morgan fingerprint density at radius 2 is 2.13 bits per heavy atom. The summed E-state index contributed by atoms with van der Waals surface area (Å²) in [5.74, 6) is 0.989. The van der Waals surface area contributed by atoms with E-state index in [-0.39, 0.29) is 24.4 Å². The zero-order valence-electron chi connectivity index (χ0n) is 14.2. The van der Waals surface area contributed by atoms with Crippen LogP contribution in [-0.4, -0.2) is 50.1 Å². The first kappa shape index (κ1) is 20.4. The number of halogens is 1. The number of rotatable bonds is 8. The Balaban J connectivity index is 0.00000264. The Bertz CT molecular complexity index is 433. The highest BCUT2D eigenvalue weighted by molar-refractivity contribution is 7.09. The highest BCUT2D eigenvalue weighted by Gasteiger charge is 2.26. The summed E-state index contributed by atoms with van der Waals surface area (Å²) in [6.07, 6.45) is 4.62. The van der Waals surface area contributed by atoms with Crippen LogP contribution >= 0.6 is 23.7 Å². The molecule has 6 heteroatoms. The van der Waals surface area contributed by atoms with E-state index in [0.717, 1.165) is 38.5 Å². The predicted molar refractivity (Wildman–Crippen MR) is 101 cm³/mol. The smallest absolute Gasteiger partial charge is 0.237 e. The summed E-state index contributed by atoms with van der Waals surface area (Å²) in [6.45, 7) is 5.97. The van der Waals surface area contributed by atoms with Gasteiger partial charge >= 0.3 is 0 Å². The Hall–Kier alpha value is -0.620. The molecule has 2 rings (SSSR count). The monoisotopic (exact) mass is 359 g/mol. The summed E-state index contributed by atoms with van der Waals surface area (Å²) in [5.41, 5.74) is 0. The lowest BCUT2D eigenvalue weighted by Gasteiger charge is -2.35. The van der Waals surface area contributed by atoms with E-state index in [1.165, 1.54) is 24.1 Å². The number of carbonyl (C=O) groups is 1. The van der Waals surface area contributed by atoms with Crippen molar-refractivity contribution in [1.29, 1.82) is 0 Å². The molecule has 23 heavy (non-hydrogen) atoms. The van der Waals surface area contributed by atoms with E-state index in [9.17, 15) is 4.79 Å². The van der Waals surface area contributed by atoms with E-state index in [1.54, 1.807) is 11.3 Å². The van der Waals surface area contributed by atoms with Gasteiger partial charge in [0.25, 0.3) is 0 Å². The van der Waals surface area contributed by atoms with Gasteiger partial charge in [-0.3, -0.25) is 9.69 Å². The normalized spacial score (nSPS) is 17.5. The zero-order chi connectivity index (χ0) is 15.8. The molecule has 0 bridgehead atoms. The Labute approximate surface area is 150 Å². The summed E-state index contributed by atoms with van der Waals surface area (Å²) in [7, 11) is 2.01. The van der Waals surface area contributed by atoms with Gasteiger partial charge in [0.2, 0.25) is 5.91 Å². The first-order valence-electron chi connectivity index (χ1n) is 8.39. The molecule has 1 unspecified atom stereocenters. The van der Waals surface area contributed by atoms with Gasteiger partial charge in [-0.25, -0.2) is 0 Å². The maximum absolute atomic E-state index is 12.3. The number of nitrogens with zero attached hydrogens (tertiary/aromatic N) is 1. The lowest BCUT2D eigenvalue weighted by molar-refractivity contribution is -0.126. The van der Waals surface area contributed by atoms with Gasteiger partial charge in [0, 0.05) is 11.4 Å². The molecule has 132 valence electrons. The number of amides is 1. The molecule has 1 aliphatic rings. The Kier molecular flexibility index (Phi) is 9.79. The van der Waals surface area contributed by atoms with E-state index in [1.807, 2.05) is 14.0 Å². The standard InChI is InChI=1S/C17H29N3OS.ClH/c1-14(17(21)19-10-6-16-4-3-13-22-16)20-11-7-15(8-12-20)5-9-18-2;/h3-4,13-15,18H,5-12H2,1-2H3,(H,19,21);1H. The van der Waals surface area contributed by atoms with Crippen LogP contribution in [0.5, 0.6) is 0 Å². The highest BCUT2D eigenvalue weighted by Crippen LogP contribution is 2.21. The quantitative estimate of drug-likeness (QED) is 0.749. The van der Waals surface area contributed by atoms with Crippen molar-refractivity contribution >= 4 is 29.7 Å². The minimum Gasteiger partial charge on any atom is -0.354 e. The van der Waals surface area contributed by atoms with Crippen LogP contribution in [0.1, 0.15) is 31.1 Å². The molecule has 1 aromatic rings. The Morgan fingerprint density at radius 3 is 2.74 bits per heavy atom. The number of piperidine rings is 1. The first-order valence-corrected chi connectivity index (χ1v) is 9.27. The largest absolute Gasteiger partial charge is 0.354 e. The van der Waals surface area contributed by atoms with Crippen molar-refractivity contribution in [2.24, 2.45) is 5.92 Å². The molecule has 2 N–H and O–H groups in total. The average Bonchev–Trinajstić information content (AvgIpc) is 3.06. The molecule has 1 aliphatic heterocycles. The first-order chi connectivity index (χ1) is 10.7. The van der Waals surface area contributed by atoms with E-state index in [0.29, 0.717) is 0 Å². The molecule has 1 amide bonds. The van der Waals surface area contributed by atoms with E-state index < -0.39 is 0 Å². The highest BCUT2D eigenvalue weighted by atomic mass is 35.5. The number of hydrogen-bond donors (Lipinski definition) is 2. The van der Waals surface area contributed by atoms with Gasteiger partial charge in [-0.1, -0.05) is 6.07 Å². The van der Waals surface area contributed by atoms with E-state index in [4.69, 9.17) is 0 Å². The molecule has 0 saturated carbocycles. The molecular formula is C17H30ClN3OS. The molecule has 1 saturated heterocycles. The van der Waals surface area contributed by atoms with Gasteiger partial charge in [0.1, 0.15) is 0 Å². The van der Waals surface area contributed by atoms with Crippen LogP contribution in [0.3, 0.4) is 0 Å². The lowest BCUT2D eigenvalue weighted by Crippen LogP contribution is -2.48. The summed E-state index contributed by atoms with van der Waals surface area (Å²) in [5, 5.41) is 8.39. The lowest BCUT2D eigenvalue weighted by atomic mass is 9.93. The minimum atomic E-state index is -0.00594. The van der Waals surface area contributed by atoms with E-state index >= 15 is 0 Å². The summed E-state index contributed by atoms with van der Waals surface area (Å²) < 4.78 is 0. The second kappa shape index (κ2) is 11.0. The maximum Gasteiger partial charge on any atom is 0.237 e. The molecule has 0 aliphatic carbocycles. The molecule has 0 aromatic carbocycles. The van der Waals surface area contributed by atoms with Crippen LogP contribution < -0.4 is 10.6 Å². The number of likely N-dealkylation sites (tertiary alicyclic amines) is 1. The second-order valence-corrected chi connectivity index (χ2v) is 7.20. The van der Waals surface area contributed by atoms with E-state index in [2.05, 4.69) is 33.0 Å². The molecule has 1 fully saturated rings. The molecule has 4 nitrogen and oxygen atoms in total. The van der Waals surface area contributed by atoms with Gasteiger partial charge < -0.3 is 10.6 Å². The summed E-state index contributed by atoms with van der Waals surface area (Å²) in [6, 6.07) is 4.17. The third kappa shape index (κ3) is 6.79. The van der Waals surface area contributed by atoms with Crippen molar-refractivity contribution in [2.75, 3.05) is 33.2 Å². The van der Waals surface area contributed by atoms with Crippen LogP contribution in [-0.2, 0) is 11.2 Å². The van der Waals surface area contributed by atoms with Gasteiger partial charge in [-0.15, -0.1) is 23.7 Å². The van der Waals surface area contributed by atoms with Crippen molar-refractivity contribution in [3.63, 3.8) is 0 Å². The molecular weight excluding hydrogens is 330 g/mol. The number of thiophene rings is 1. The molecule has 1 aromatic heterocycles. The van der Waals surface area contributed by atoms with Crippen LogP contribution in [0.2, 0.25) is 0 Å². The fourth-order valence-electron chi connectivity index (χ4n) is 3.05. The molecule has 0 radical (unpaired) electrons. The van der Waals surface area contributed by atoms with Crippen molar-refractivity contribution in [2.45, 2.75) is 38.6 Å². The number of carbonyl (C=O) groups excluding carboxylic acids is 1. The molecule has 1 atom stereocenters. The van der Waals surface area contributed by atoms with Crippen LogP contribution in [0.4, 0.5) is 0 Å². The average molecular weight is 360 g/mol. The van der Waals surface area contributed by atoms with Crippen LogP contribution in [0.15, 0.2) is 17.5 Å². The third-order valence-electron chi connectivity index (χ3n) is 4.63. The fourth-order valence-corrected chi connectivity index (χ4v) is 3.76. The van der Waals surface area contributed by atoms with Crippen LogP contribution in [0.25, 0.3) is 0 Å². The fraction of sp³-hybridized carbons (Fsp3) is 0.706. The van der Waals surface area contributed by atoms with Crippen molar-refractivity contribution in [3.05, 3.63) is 22.4 Å². The van der Waals surface area contributed by atoms with Gasteiger partial charge in [-0.2, -0.15) is 0 Å². The zero-order valence-corrected chi connectivity index (χ0v) is 15.8. The molecule has 2 heterocycles. The van der Waals surface area contributed by atoms with Crippen molar-refractivity contribution in [1.82, 2.24) is 15.5 Å².